The third-order valence-corrected chi connectivity index (χ3v) is 0. The molecule has 8 heavy (non-hydrogen) atoms. The van der Waals surface area contributed by atoms with Gasteiger partial charge in [-0.1, -0.05) is 0 Å². The maximum Gasteiger partial charge on any atom is 6.00 e. The van der Waals surface area contributed by atoms with E-state index < -0.39 is 7.82 Å². The zero-order valence-electron chi connectivity index (χ0n) is 3.29. The van der Waals surface area contributed by atoms with Crippen molar-refractivity contribution < 1.29 is 47.3 Å². The molecule has 1 N–H and O–H groups in total. The maximum atomic E-state index is 8.55. The fourth-order valence-corrected chi connectivity index (χ4v) is 0. The summed E-state index contributed by atoms with van der Waals surface area (Å²) in [5, 5.41) is 0. The summed E-state index contributed by atoms with van der Waals surface area (Å²) in [6.45, 7) is 0. The van der Waals surface area contributed by atoms with Crippen molar-refractivity contribution in [2.24, 2.45) is 0 Å². The Labute approximate surface area is 55.9 Å². The quantitative estimate of drug-likeness (QED) is 0.288. The smallest absolute Gasteiger partial charge is 2.00 e. The average Bonchev–Trinajstić information content (AvgIpc) is 0.722. The molecule has 0 aromatic carbocycles. The molecule has 50 valence electrons. The second-order valence-corrected chi connectivity index (χ2v) is 1.34. The van der Waals surface area contributed by atoms with E-state index in [0.29, 0.717) is 0 Å². The first-order chi connectivity index (χ1) is 2.00. The van der Waals surface area contributed by atoms with E-state index in [4.69, 9.17) is 19.2 Å². The van der Waals surface area contributed by atoms with Crippen LogP contribution >= 0.6 is 7.82 Å². The van der Waals surface area contributed by atoms with Crippen molar-refractivity contribution in [1.29, 1.82) is 0 Å². The van der Waals surface area contributed by atoms with Crippen LogP contribution in [0, 0.1) is 0 Å². The molecule has 0 rings (SSSR count). The van der Waals surface area contributed by atoms with Gasteiger partial charge in [0.15, 0.2) is 0 Å². The van der Waals surface area contributed by atoms with Crippen LogP contribution in [0.4, 0.5) is 0 Å². The zero-order valence-corrected chi connectivity index (χ0v) is 5.29. The van der Waals surface area contributed by atoms with E-state index in [1.807, 2.05) is 0 Å². The average molecular weight is 184 g/mol. The molecular weight excluding hydrogens is 183 g/mol. The first-order valence-electron chi connectivity index (χ1n) is 0.730. The number of phosphoric acid groups is 1. The Morgan fingerprint density at radius 3 is 1.12 bits per heavy atom. The summed E-state index contributed by atoms with van der Waals surface area (Å²) in [4.78, 5) is 25.6. The first kappa shape index (κ1) is 23.5. The molecule has 0 aliphatic rings. The Morgan fingerprint density at radius 1 is 1.12 bits per heavy atom. The molecule has 0 amide bonds. The summed E-state index contributed by atoms with van der Waals surface area (Å²) >= 11 is 0. The van der Waals surface area contributed by atoms with Gasteiger partial charge in [0.25, 0.3) is 0 Å². The molecule has 0 saturated carbocycles. The number of hydrogen-bond acceptors (Lipinski definition) is 5. The second kappa shape index (κ2) is 7.55. The van der Waals surface area contributed by atoms with Crippen molar-refractivity contribution in [3.8, 4) is 0 Å². The van der Waals surface area contributed by atoms with Gasteiger partial charge in [-0.15, -0.1) is 0 Å². The Hall–Kier alpha value is 0.549. The molecule has 0 aromatic rings. The second-order valence-electron chi connectivity index (χ2n) is 0.447. The van der Waals surface area contributed by atoms with Crippen molar-refractivity contribution in [3.05, 3.63) is 0 Å². The minimum Gasteiger partial charge on any atom is -2.00 e. The van der Waals surface area contributed by atoms with Gasteiger partial charge in [0.1, 0.15) is 0 Å². The molecule has 0 radical (unpaired) electrons. The topological polar surface area (TPSA) is 145 Å². The van der Waals surface area contributed by atoms with Gasteiger partial charge in [-0.05, 0) is 0 Å². The van der Waals surface area contributed by atoms with Crippen molar-refractivity contribution in [2.75, 3.05) is 0 Å². The van der Waals surface area contributed by atoms with Gasteiger partial charge in [-0.3, -0.25) is 0 Å². The van der Waals surface area contributed by atoms with Crippen LogP contribution in [0.2, 0.25) is 0 Å². The van der Waals surface area contributed by atoms with Crippen molar-refractivity contribution in [2.45, 2.75) is 0 Å². The van der Waals surface area contributed by atoms with Gasteiger partial charge in [-0.25, -0.2) is 0 Å². The zero-order chi connectivity index (χ0) is 4.50. The van der Waals surface area contributed by atoms with Crippen LogP contribution in [0.5, 0.6) is 0 Å². The monoisotopic (exact) mass is 184 g/mol. The van der Waals surface area contributed by atoms with Crippen LogP contribution in [-0.2, 0) is 27.1 Å². The third kappa shape index (κ3) is 668. The summed E-state index contributed by atoms with van der Waals surface area (Å²) in [7, 11) is -5.39. The Kier molecular flexibility index (Phi) is 22.2. The van der Waals surface area contributed by atoms with E-state index in [0.717, 1.165) is 0 Å². The van der Waals surface area contributed by atoms with Crippen molar-refractivity contribution in [1.82, 2.24) is 0 Å². The molecule has 0 aromatic heterocycles. The minimum absolute atomic E-state index is 0. The van der Waals surface area contributed by atoms with Crippen molar-refractivity contribution >= 4 is 7.82 Å². The van der Waals surface area contributed by atoms with Gasteiger partial charge in [0.05, 0.1) is 0 Å². The molecule has 6 nitrogen and oxygen atoms in total. The van der Waals surface area contributed by atoms with Gasteiger partial charge in [0, 0.05) is 0 Å². The summed E-state index contributed by atoms with van der Waals surface area (Å²) in [6, 6.07) is 0. The Bertz CT molecular complexity index is 54.7. The maximum absolute atomic E-state index is 8.55. The first-order valence-corrected chi connectivity index (χ1v) is 2.19. The van der Waals surface area contributed by atoms with E-state index in [-0.39, 0.29) is 28.0 Å². The predicted octanol–water partition coefficient (Wildman–Crippen LogP) is -3.12. The van der Waals surface area contributed by atoms with Crippen LogP contribution in [0.1, 0.15) is 0 Å². The largest absolute Gasteiger partial charge is 6.00 e. The van der Waals surface area contributed by atoms with Crippen LogP contribution in [0.25, 0.3) is 0 Å². The summed E-state index contributed by atoms with van der Waals surface area (Å²) in [6.07, 6.45) is 0. The molecular formula is HFeO6P. The fraction of sp³-hybridized carbons (Fsp3) is 0. The molecule has 0 aliphatic carbocycles. The normalized spacial score (nSPS) is 7.38. The summed E-state index contributed by atoms with van der Waals surface area (Å²) in [5.74, 6) is 0. The van der Waals surface area contributed by atoms with E-state index in [1.54, 1.807) is 0 Å². The summed E-state index contributed by atoms with van der Waals surface area (Å²) < 4.78 is 8.55. The summed E-state index contributed by atoms with van der Waals surface area (Å²) in [5.41, 5.74) is 0. The Morgan fingerprint density at radius 2 is 1.12 bits per heavy atom. The molecule has 0 fully saturated rings. The van der Waals surface area contributed by atoms with Gasteiger partial charge in [0.2, 0.25) is 0 Å². The number of rotatable bonds is 0. The van der Waals surface area contributed by atoms with Crippen molar-refractivity contribution in [3.63, 3.8) is 0 Å². The molecule has 0 saturated heterocycles. The van der Waals surface area contributed by atoms with Gasteiger partial charge >= 0.3 is 17.1 Å². The minimum atomic E-state index is -5.39. The predicted molar refractivity (Wildman–Crippen MR) is 10.2 cm³/mol. The van der Waals surface area contributed by atoms with E-state index in [9.17, 15) is 0 Å². The molecule has 0 atom stereocenters. The van der Waals surface area contributed by atoms with E-state index in [2.05, 4.69) is 0 Å². The molecule has 8 heteroatoms. The fourth-order valence-electron chi connectivity index (χ4n) is 0. The number of hydrogen-bond donors (Lipinski definition) is 0. The third-order valence-electron chi connectivity index (χ3n) is 0. The van der Waals surface area contributed by atoms with Gasteiger partial charge in [-0.2, -0.15) is 7.82 Å². The molecule has 0 bridgehead atoms. The molecule has 0 unspecified atom stereocenters. The Balaban J connectivity index is -0.0000000267. The van der Waals surface area contributed by atoms with Crippen LogP contribution in [-0.4, -0.2) is 5.48 Å². The molecule has 0 aliphatic heterocycles. The standard InChI is InChI=1S/Fe.H3O4P.H2O.O/c;1-5(2,3)4;;/h;(H3,1,2,3,4);1H2;/q+6;;;-2/p-4. The SMILES string of the molecule is O=P([O-])([O-])[O-].[Fe+6].[O-2].[OH-]. The van der Waals surface area contributed by atoms with E-state index >= 15 is 0 Å². The molecule has 0 spiro atoms. The van der Waals surface area contributed by atoms with E-state index in [1.165, 1.54) is 0 Å². The van der Waals surface area contributed by atoms with Crippen LogP contribution in [0.15, 0.2) is 0 Å². The van der Waals surface area contributed by atoms with Crippen LogP contribution in [0.3, 0.4) is 0 Å². The molecule has 0 heterocycles. The van der Waals surface area contributed by atoms with Gasteiger partial charge < -0.3 is 30.2 Å². The van der Waals surface area contributed by atoms with Crippen LogP contribution < -0.4 is 14.7 Å².